The Bertz CT molecular complexity index is 318. The fourth-order valence-electron chi connectivity index (χ4n) is 0.794. The van der Waals surface area contributed by atoms with E-state index in [1.54, 1.807) is 37.3 Å². The van der Waals surface area contributed by atoms with E-state index in [1.165, 1.54) is 0 Å². The summed E-state index contributed by atoms with van der Waals surface area (Å²) in [4.78, 5) is 0.405. The van der Waals surface area contributed by atoms with Gasteiger partial charge in [-0.2, -0.15) is 0 Å². The van der Waals surface area contributed by atoms with Crippen molar-refractivity contribution in [1.82, 2.24) is 0 Å². The minimum Gasteiger partial charge on any atom is -0.224 e. The molecule has 68 valence electrons. The summed E-state index contributed by atoms with van der Waals surface area (Å²) in [7, 11) is -3.00. The smallest absolute Gasteiger partial charge is 0.178 e. The largest absolute Gasteiger partial charge is 0.224 e. The van der Waals surface area contributed by atoms with Crippen molar-refractivity contribution in [2.45, 2.75) is 11.8 Å². The van der Waals surface area contributed by atoms with Gasteiger partial charge in [0.25, 0.3) is 0 Å². The van der Waals surface area contributed by atoms with E-state index in [-0.39, 0.29) is 18.2 Å². The number of halogens is 1. The Morgan fingerprint density at radius 2 is 1.67 bits per heavy atom. The summed E-state index contributed by atoms with van der Waals surface area (Å²) in [6.07, 6.45) is 0. The summed E-state index contributed by atoms with van der Waals surface area (Å²) >= 11 is 0. The van der Waals surface area contributed by atoms with Gasteiger partial charge in [0.05, 0.1) is 10.6 Å². The van der Waals surface area contributed by atoms with Crippen molar-refractivity contribution >= 4 is 22.2 Å². The summed E-state index contributed by atoms with van der Waals surface area (Å²) in [5, 5.41) is 0. The molecule has 0 aromatic heterocycles. The van der Waals surface area contributed by atoms with Crippen molar-refractivity contribution in [3.8, 4) is 0 Å². The van der Waals surface area contributed by atoms with E-state index in [0.717, 1.165) is 0 Å². The molecule has 0 amide bonds. The first-order valence-corrected chi connectivity index (χ1v) is 5.10. The van der Waals surface area contributed by atoms with Gasteiger partial charge in [-0.15, -0.1) is 12.4 Å². The average Bonchev–Trinajstić information content (AvgIpc) is 2.06. The van der Waals surface area contributed by atoms with E-state index in [2.05, 4.69) is 0 Å². The predicted molar refractivity (Wildman–Crippen MR) is 51.4 cm³/mol. The molecule has 2 nitrogen and oxygen atoms in total. The number of benzene rings is 1. The first-order chi connectivity index (χ1) is 5.17. The molecule has 12 heavy (non-hydrogen) atoms. The normalized spacial score (nSPS) is 10.4. The average molecular weight is 207 g/mol. The fourth-order valence-corrected chi connectivity index (χ4v) is 1.70. The van der Waals surface area contributed by atoms with Crippen molar-refractivity contribution in [3.05, 3.63) is 30.3 Å². The van der Waals surface area contributed by atoms with Gasteiger partial charge in [-0.3, -0.25) is 0 Å². The lowest BCUT2D eigenvalue weighted by Gasteiger charge is -1.98. The third kappa shape index (κ3) is 2.50. The van der Waals surface area contributed by atoms with Crippen LogP contribution in [0.25, 0.3) is 0 Å². The summed E-state index contributed by atoms with van der Waals surface area (Å²) in [6, 6.07) is 8.47. The summed E-state index contributed by atoms with van der Waals surface area (Å²) in [5.74, 6) is 0.164. The molecule has 1 aromatic rings. The van der Waals surface area contributed by atoms with Crippen LogP contribution in [0.15, 0.2) is 35.2 Å². The molecule has 0 fully saturated rings. The molecule has 1 rings (SSSR count). The van der Waals surface area contributed by atoms with Crippen molar-refractivity contribution < 1.29 is 8.42 Å². The van der Waals surface area contributed by atoms with Gasteiger partial charge >= 0.3 is 0 Å². The van der Waals surface area contributed by atoms with Crippen LogP contribution < -0.4 is 0 Å². The van der Waals surface area contributed by atoms with E-state index >= 15 is 0 Å². The Kier molecular flexibility index (Phi) is 4.28. The van der Waals surface area contributed by atoms with Crippen LogP contribution in [-0.2, 0) is 9.84 Å². The van der Waals surface area contributed by atoms with Crippen LogP contribution in [-0.4, -0.2) is 14.2 Å². The van der Waals surface area contributed by atoms with Crippen molar-refractivity contribution in [1.29, 1.82) is 0 Å². The van der Waals surface area contributed by atoms with Crippen molar-refractivity contribution in [2.75, 3.05) is 5.75 Å². The summed E-state index contributed by atoms with van der Waals surface area (Å²) in [5.41, 5.74) is 0. The Labute approximate surface area is 78.9 Å². The van der Waals surface area contributed by atoms with Crippen molar-refractivity contribution in [3.63, 3.8) is 0 Å². The zero-order valence-electron chi connectivity index (χ0n) is 6.73. The molecule has 0 N–H and O–H groups in total. The van der Waals surface area contributed by atoms with E-state index in [1.807, 2.05) is 0 Å². The zero-order valence-corrected chi connectivity index (χ0v) is 8.36. The molecule has 0 heterocycles. The van der Waals surface area contributed by atoms with E-state index < -0.39 is 9.84 Å². The third-order valence-electron chi connectivity index (χ3n) is 1.48. The fraction of sp³-hybridized carbons (Fsp3) is 0.250. The molecule has 0 saturated carbocycles. The van der Waals surface area contributed by atoms with Crippen LogP contribution in [0.4, 0.5) is 0 Å². The standard InChI is InChI=1S/C8H10O2S.ClH/c1-2-11(9,10)8-6-4-3-5-7-8;/h3-7H,2H2,1H3;1H. The second-order valence-corrected chi connectivity index (χ2v) is 4.49. The van der Waals surface area contributed by atoms with Gasteiger partial charge in [0.1, 0.15) is 0 Å². The van der Waals surface area contributed by atoms with E-state index in [0.29, 0.717) is 4.90 Å². The first kappa shape index (κ1) is 11.5. The van der Waals surface area contributed by atoms with Crippen molar-refractivity contribution in [2.24, 2.45) is 0 Å². The molecule has 0 unspecified atom stereocenters. The molecule has 0 atom stereocenters. The highest BCUT2D eigenvalue weighted by Gasteiger charge is 2.08. The second-order valence-electron chi connectivity index (χ2n) is 2.22. The van der Waals surface area contributed by atoms with Crippen LogP contribution in [0, 0.1) is 0 Å². The van der Waals surface area contributed by atoms with Crippen LogP contribution in [0.5, 0.6) is 0 Å². The quantitative estimate of drug-likeness (QED) is 0.741. The molecule has 1 aromatic carbocycles. The second kappa shape index (κ2) is 4.48. The Hall–Kier alpha value is -0.540. The molecule has 4 heteroatoms. The van der Waals surface area contributed by atoms with Gasteiger partial charge in [0.15, 0.2) is 9.84 Å². The van der Waals surface area contributed by atoms with E-state index in [9.17, 15) is 8.42 Å². The maximum Gasteiger partial charge on any atom is 0.178 e. The lowest BCUT2D eigenvalue weighted by molar-refractivity contribution is 0.597. The monoisotopic (exact) mass is 206 g/mol. The van der Waals surface area contributed by atoms with Gasteiger partial charge in [0.2, 0.25) is 0 Å². The van der Waals surface area contributed by atoms with Gasteiger partial charge in [0, 0.05) is 0 Å². The van der Waals surface area contributed by atoms with Crippen LogP contribution in [0.2, 0.25) is 0 Å². The summed E-state index contributed by atoms with van der Waals surface area (Å²) < 4.78 is 22.4. The molecule has 0 bridgehead atoms. The van der Waals surface area contributed by atoms with E-state index in [4.69, 9.17) is 0 Å². The summed E-state index contributed by atoms with van der Waals surface area (Å²) in [6.45, 7) is 1.64. The highest BCUT2D eigenvalue weighted by molar-refractivity contribution is 7.91. The lowest BCUT2D eigenvalue weighted by Crippen LogP contribution is -2.02. The molecule has 0 radical (unpaired) electrons. The lowest BCUT2D eigenvalue weighted by atomic mass is 10.4. The Balaban J connectivity index is 0.00000121. The Morgan fingerprint density at radius 3 is 2.08 bits per heavy atom. The molecule has 0 saturated heterocycles. The molecular weight excluding hydrogens is 196 g/mol. The molecule has 0 spiro atoms. The maximum absolute atomic E-state index is 11.2. The third-order valence-corrected chi connectivity index (χ3v) is 3.23. The van der Waals surface area contributed by atoms with Gasteiger partial charge < -0.3 is 0 Å². The number of sulfone groups is 1. The predicted octanol–water partition coefficient (Wildman–Crippen LogP) is 1.90. The highest BCUT2D eigenvalue weighted by atomic mass is 35.5. The first-order valence-electron chi connectivity index (χ1n) is 3.44. The molecule has 0 aliphatic carbocycles. The molecular formula is C8H11ClO2S. The van der Waals surface area contributed by atoms with Crippen LogP contribution >= 0.6 is 12.4 Å². The number of hydrogen-bond donors (Lipinski definition) is 0. The molecule has 0 aliphatic heterocycles. The molecule has 0 aliphatic rings. The SMILES string of the molecule is CCS(=O)(=O)c1ccccc1.Cl. The topological polar surface area (TPSA) is 34.1 Å². The minimum absolute atomic E-state index is 0. The van der Waals surface area contributed by atoms with Crippen LogP contribution in [0.3, 0.4) is 0 Å². The van der Waals surface area contributed by atoms with Gasteiger partial charge in [-0.1, -0.05) is 25.1 Å². The number of hydrogen-bond acceptors (Lipinski definition) is 2. The maximum atomic E-state index is 11.2. The zero-order chi connectivity index (χ0) is 8.32. The number of rotatable bonds is 2. The van der Waals surface area contributed by atoms with Gasteiger partial charge in [-0.25, -0.2) is 8.42 Å². The van der Waals surface area contributed by atoms with Crippen LogP contribution in [0.1, 0.15) is 6.92 Å². The minimum atomic E-state index is -3.00. The highest BCUT2D eigenvalue weighted by Crippen LogP contribution is 2.08. The Morgan fingerprint density at radius 1 is 1.17 bits per heavy atom. The van der Waals surface area contributed by atoms with Gasteiger partial charge in [-0.05, 0) is 12.1 Å².